The molecule has 5 heteroatoms. The molecule has 1 aliphatic heterocycles. The maximum Gasteiger partial charge on any atom is 0.276 e. The zero-order valence-electron chi connectivity index (χ0n) is 9.69. The van der Waals surface area contributed by atoms with E-state index in [-0.39, 0.29) is 5.91 Å². The summed E-state index contributed by atoms with van der Waals surface area (Å²) < 4.78 is 5.06. The molecule has 5 nitrogen and oxygen atoms in total. The number of piperidine rings is 1. The Morgan fingerprint density at radius 3 is 3.12 bits per heavy atom. The minimum Gasteiger partial charge on any atom is -0.448 e. The summed E-state index contributed by atoms with van der Waals surface area (Å²) in [7, 11) is 1.93. The fourth-order valence-corrected chi connectivity index (χ4v) is 2.06. The summed E-state index contributed by atoms with van der Waals surface area (Å²) in [5, 5.41) is 3.21. The average Bonchev–Trinajstić information content (AvgIpc) is 2.74. The summed E-state index contributed by atoms with van der Waals surface area (Å²) in [6.07, 6.45) is 3.48. The number of hydrogen-bond donors (Lipinski definition) is 1. The lowest BCUT2D eigenvalue weighted by Gasteiger charge is -2.32. The molecule has 2 rings (SSSR count). The third-order valence-electron chi connectivity index (χ3n) is 3.06. The molecule has 1 aliphatic rings. The van der Waals surface area contributed by atoms with Gasteiger partial charge in [0.15, 0.2) is 12.1 Å². The minimum absolute atomic E-state index is 0.0220. The van der Waals surface area contributed by atoms with Gasteiger partial charge < -0.3 is 14.6 Å². The largest absolute Gasteiger partial charge is 0.448 e. The number of amides is 1. The van der Waals surface area contributed by atoms with Gasteiger partial charge in [-0.3, -0.25) is 4.79 Å². The molecule has 1 atom stereocenters. The van der Waals surface area contributed by atoms with E-state index in [2.05, 4.69) is 10.3 Å². The normalized spacial score (nSPS) is 21.1. The zero-order valence-corrected chi connectivity index (χ0v) is 9.69. The lowest BCUT2D eigenvalue weighted by molar-refractivity contribution is 0.0691. The molecule has 0 bridgehead atoms. The number of carbonyl (C=O) groups is 1. The Balaban J connectivity index is 2.07. The summed E-state index contributed by atoms with van der Waals surface area (Å²) in [4.78, 5) is 17.9. The molecule has 2 heterocycles. The highest BCUT2D eigenvalue weighted by Crippen LogP contribution is 2.14. The Labute approximate surface area is 94.8 Å². The number of likely N-dealkylation sites (tertiary alicyclic amines) is 1. The van der Waals surface area contributed by atoms with Crippen LogP contribution in [-0.4, -0.2) is 42.0 Å². The Hall–Kier alpha value is -1.36. The van der Waals surface area contributed by atoms with Gasteiger partial charge >= 0.3 is 0 Å². The van der Waals surface area contributed by atoms with Crippen molar-refractivity contribution >= 4 is 5.91 Å². The first kappa shape index (κ1) is 11.1. The Kier molecular flexibility index (Phi) is 3.24. The standard InChI is InChI=1S/C11H17N3O2/c1-8-10(13-7-16-8)11(15)14-5-3-4-9(6-14)12-2/h7,9,12H,3-6H2,1-2H3. The minimum atomic E-state index is -0.0220. The highest BCUT2D eigenvalue weighted by Gasteiger charge is 2.26. The predicted octanol–water partition coefficient (Wildman–Crippen LogP) is 0.807. The molecular weight excluding hydrogens is 206 g/mol. The third kappa shape index (κ3) is 2.09. The lowest BCUT2D eigenvalue weighted by Crippen LogP contribution is -2.47. The van der Waals surface area contributed by atoms with Crippen LogP contribution in [0, 0.1) is 6.92 Å². The number of aryl methyl sites for hydroxylation is 1. The monoisotopic (exact) mass is 223 g/mol. The highest BCUT2D eigenvalue weighted by atomic mass is 16.3. The van der Waals surface area contributed by atoms with Gasteiger partial charge in [0.1, 0.15) is 5.76 Å². The van der Waals surface area contributed by atoms with Crippen molar-refractivity contribution in [1.29, 1.82) is 0 Å². The van der Waals surface area contributed by atoms with E-state index in [0.717, 1.165) is 25.9 Å². The number of aromatic nitrogens is 1. The van der Waals surface area contributed by atoms with E-state index in [4.69, 9.17) is 4.42 Å². The van der Waals surface area contributed by atoms with E-state index in [1.165, 1.54) is 6.39 Å². The molecule has 0 radical (unpaired) electrons. The van der Waals surface area contributed by atoms with E-state index in [9.17, 15) is 4.79 Å². The second-order valence-electron chi connectivity index (χ2n) is 4.14. The van der Waals surface area contributed by atoms with Gasteiger partial charge in [-0.05, 0) is 26.8 Å². The van der Waals surface area contributed by atoms with Crippen LogP contribution < -0.4 is 5.32 Å². The van der Waals surface area contributed by atoms with Crippen LogP contribution in [-0.2, 0) is 0 Å². The van der Waals surface area contributed by atoms with Crippen molar-refractivity contribution in [2.24, 2.45) is 0 Å². The lowest BCUT2D eigenvalue weighted by atomic mass is 10.1. The fraction of sp³-hybridized carbons (Fsp3) is 0.636. The van der Waals surface area contributed by atoms with E-state index >= 15 is 0 Å². The van der Waals surface area contributed by atoms with E-state index in [1.54, 1.807) is 6.92 Å². The molecule has 0 spiro atoms. The number of nitrogens with one attached hydrogen (secondary N) is 1. The van der Waals surface area contributed by atoms with Crippen molar-refractivity contribution in [1.82, 2.24) is 15.2 Å². The molecule has 1 unspecified atom stereocenters. The number of likely N-dealkylation sites (N-methyl/N-ethyl adjacent to an activating group) is 1. The molecule has 1 saturated heterocycles. The SMILES string of the molecule is CNC1CCCN(C(=O)c2ncoc2C)C1. The van der Waals surface area contributed by atoms with Gasteiger partial charge in [0.2, 0.25) is 0 Å². The van der Waals surface area contributed by atoms with Gasteiger partial charge in [0.25, 0.3) is 5.91 Å². The summed E-state index contributed by atoms with van der Waals surface area (Å²) in [5.74, 6) is 0.572. The van der Waals surface area contributed by atoms with E-state index in [1.807, 2.05) is 11.9 Å². The second kappa shape index (κ2) is 4.65. The maximum atomic E-state index is 12.1. The molecule has 1 aromatic heterocycles. The first-order valence-corrected chi connectivity index (χ1v) is 5.59. The first-order valence-electron chi connectivity index (χ1n) is 5.59. The van der Waals surface area contributed by atoms with Crippen LogP contribution in [0.4, 0.5) is 0 Å². The van der Waals surface area contributed by atoms with Gasteiger partial charge in [-0.25, -0.2) is 4.98 Å². The van der Waals surface area contributed by atoms with Crippen LogP contribution in [0.25, 0.3) is 0 Å². The Bertz CT molecular complexity index is 375. The van der Waals surface area contributed by atoms with Crippen molar-refractivity contribution in [3.05, 3.63) is 17.8 Å². The molecule has 1 N–H and O–H groups in total. The first-order chi connectivity index (χ1) is 7.72. The van der Waals surface area contributed by atoms with Crippen molar-refractivity contribution < 1.29 is 9.21 Å². The summed E-state index contributed by atoms with van der Waals surface area (Å²) in [5.41, 5.74) is 0.441. The molecule has 1 amide bonds. The van der Waals surface area contributed by atoms with Gasteiger partial charge in [-0.2, -0.15) is 0 Å². The summed E-state index contributed by atoms with van der Waals surface area (Å²) >= 11 is 0. The molecular formula is C11H17N3O2. The number of rotatable bonds is 2. The molecule has 0 aromatic carbocycles. The van der Waals surface area contributed by atoms with Crippen LogP contribution in [0.15, 0.2) is 10.8 Å². The maximum absolute atomic E-state index is 12.1. The molecule has 1 aromatic rings. The summed E-state index contributed by atoms with van der Waals surface area (Å²) in [6.45, 7) is 3.32. The smallest absolute Gasteiger partial charge is 0.276 e. The van der Waals surface area contributed by atoms with Gasteiger partial charge in [-0.15, -0.1) is 0 Å². The topological polar surface area (TPSA) is 58.4 Å². The van der Waals surface area contributed by atoms with Crippen LogP contribution in [0.1, 0.15) is 29.1 Å². The Morgan fingerprint density at radius 2 is 2.50 bits per heavy atom. The number of hydrogen-bond acceptors (Lipinski definition) is 4. The number of nitrogens with zero attached hydrogens (tertiary/aromatic N) is 2. The molecule has 0 saturated carbocycles. The van der Waals surface area contributed by atoms with Crippen molar-refractivity contribution in [2.75, 3.05) is 20.1 Å². The number of oxazole rings is 1. The number of carbonyl (C=O) groups excluding carboxylic acids is 1. The molecule has 1 fully saturated rings. The van der Waals surface area contributed by atoms with Gasteiger partial charge in [0.05, 0.1) is 0 Å². The quantitative estimate of drug-likeness (QED) is 0.806. The van der Waals surface area contributed by atoms with Crippen LogP contribution in [0.2, 0.25) is 0 Å². The van der Waals surface area contributed by atoms with E-state index < -0.39 is 0 Å². The molecule has 0 aliphatic carbocycles. The van der Waals surface area contributed by atoms with Crippen molar-refractivity contribution in [3.8, 4) is 0 Å². The average molecular weight is 223 g/mol. The van der Waals surface area contributed by atoms with Crippen LogP contribution in [0.3, 0.4) is 0 Å². The molecule has 88 valence electrons. The third-order valence-corrected chi connectivity index (χ3v) is 3.06. The van der Waals surface area contributed by atoms with Gasteiger partial charge in [0, 0.05) is 19.1 Å². The fourth-order valence-electron chi connectivity index (χ4n) is 2.06. The Morgan fingerprint density at radius 1 is 1.69 bits per heavy atom. The van der Waals surface area contributed by atoms with Gasteiger partial charge in [-0.1, -0.05) is 0 Å². The zero-order chi connectivity index (χ0) is 11.5. The predicted molar refractivity (Wildman–Crippen MR) is 59.2 cm³/mol. The van der Waals surface area contributed by atoms with Crippen LogP contribution >= 0.6 is 0 Å². The highest BCUT2D eigenvalue weighted by molar-refractivity contribution is 5.93. The van der Waals surface area contributed by atoms with Crippen molar-refractivity contribution in [3.63, 3.8) is 0 Å². The second-order valence-corrected chi connectivity index (χ2v) is 4.14. The molecule has 16 heavy (non-hydrogen) atoms. The van der Waals surface area contributed by atoms with E-state index in [0.29, 0.717) is 17.5 Å². The van der Waals surface area contributed by atoms with Crippen molar-refractivity contribution in [2.45, 2.75) is 25.8 Å². The summed E-state index contributed by atoms with van der Waals surface area (Å²) in [6, 6.07) is 0.393. The van der Waals surface area contributed by atoms with Crippen LogP contribution in [0.5, 0.6) is 0 Å².